The van der Waals surface area contributed by atoms with E-state index in [1.165, 1.54) is 12.1 Å². The third-order valence-electron chi connectivity index (χ3n) is 1.45. The van der Waals surface area contributed by atoms with Crippen molar-refractivity contribution in [2.45, 2.75) is 6.92 Å². The van der Waals surface area contributed by atoms with Crippen LogP contribution in [0.2, 0.25) is 0 Å². The molecule has 0 aromatic heterocycles. The lowest BCUT2D eigenvalue weighted by atomic mass is 10.1. The van der Waals surface area contributed by atoms with Gasteiger partial charge in [-0.05, 0) is 52.2 Å². The van der Waals surface area contributed by atoms with Gasteiger partial charge in [0, 0.05) is 4.47 Å². The van der Waals surface area contributed by atoms with E-state index in [9.17, 15) is 9.18 Å². The van der Waals surface area contributed by atoms with Gasteiger partial charge in [-0.3, -0.25) is 4.79 Å². The average Bonchev–Trinajstić information content (AvgIpc) is 1.82. The Bertz CT molecular complexity index is 315. The van der Waals surface area contributed by atoms with Crippen molar-refractivity contribution in [1.29, 1.82) is 0 Å². The highest BCUT2D eigenvalue weighted by Crippen LogP contribution is 2.23. The maximum absolute atomic E-state index is 12.7. The minimum absolute atomic E-state index is 0.318. The second-order valence-corrected chi connectivity index (χ2v) is 3.55. The van der Waals surface area contributed by atoms with Gasteiger partial charge in [-0.1, -0.05) is 0 Å². The topological polar surface area (TPSA) is 17.1 Å². The molecule has 0 aliphatic carbocycles. The number of carbonyl (C=O) groups is 1. The first-order valence-electron chi connectivity index (χ1n) is 3.18. The number of carbonyl (C=O) groups excluding carboxylic acids is 1. The van der Waals surface area contributed by atoms with Gasteiger partial charge in [0.2, 0.25) is 0 Å². The van der Waals surface area contributed by atoms with Gasteiger partial charge in [0.15, 0.2) is 0 Å². The van der Waals surface area contributed by atoms with Crippen LogP contribution < -0.4 is 0 Å². The van der Waals surface area contributed by atoms with Crippen molar-refractivity contribution in [2.75, 3.05) is 0 Å². The Hall–Kier alpha value is -0.410. The normalized spacial score (nSPS) is 10.0. The molecule has 0 fully saturated rings. The molecule has 0 radical (unpaired) electrons. The summed E-state index contributed by atoms with van der Waals surface area (Å²) in [5, 5.41) is -0.584. The number of hydrogen-bond donors (Lipinski definition) is 0. The monoisotopic (exact) mass is 250 g/mol. The lowest BCUT2D eigenvalue weighted by Crippen LogP contribution is -1.96. The third-order valence-corrected chi connectivity index (χ3v) is 2.26. The largest absolute Gasteiger partial charge is 0.276 e. The van der Waals surface area contributed by atoms with E-state index in [0.29, 0.717) is 15.6 Å². The lowest BCUT2D eigenvalue weighted by molar-refractivity contribution is 0.108. The molecule has 0 saturated heterocycles. The first-order chi connectivity index (χ1) is 5.52. The molecule has 0 aliphatic rings. The van der Waals surface area contributed by atoms with Gasteiger partial charge in [0.05, 0.1) is 5.56 Å². The van der Waals surface area contributed by atoms with Crippen LogP contribution in [0.25, 0.3) is 0 Å². The van der Waals surface area contributed by atoms with Crippen molar-refractivity contribution in [3.05, 3.63) is 33.5 Å². The number of rotatable bonds is 1. The van der Waals surface area contributed by atoms with Crippen molar-refractivity contribution in [3.8, 4) is 0 Å². The summed E-state index contributed by atoms with van der Waals surface area (Å²) in [7, 11) is 0. The van der Waals surface area contributed by atoms with Crippen molar-refractivity contribution in [1.82, 2.24) is 0 Å². The molecular formula is C8H5BrClFO. The van der Waals surface area contributed by atoms with Gasteiger partial charge in [0.1, 0.15) is 5.82 Å². The van der Waals surface area contributed by atoms with Gasteiger partial charge in [-0.15, -0.1) is 0 Å². The summed E-state index contributed by atoms with van der Waals surface area (Å²) >= 11 is 8.33. The fourth-order valence-electron chi connectivity index (χ4n) is 0.951. The van der Waals surface area contributed by atoms with Crippen LogP contribution in [0.15, 0.2) is 16.6 Å². The van der Waals surface area contributed by atoms with Gasteiger partial charge >= 0.3 is 0 Å². The number of benzene rings is 1. The fraction of sp³-hybridized carbons (Fsp3) is 0.125. The molecule has 12 heavy (non-hydrogen) atoms. The van der Waals surface area contributed by atoms with E-state index in [-0.39, 0.29) is 5.82 Å². The Kier molecular flexibility index (Phi) is 2.85. The maximum Gasteiger partial charge on any atom is 0.253 e. The Labute approximate surface area is 82.7 Å². The zero-order valence-electron chi connectivity index (χ0n) is 6.20. The summed E-state index contributed by atoms with van der Waals surface area (Å²) in [5.74, 6) is -0.388. The quantitative estimate of drug-likeness (QED) is 0.700. The second-order valence-electron chi connectivity index (χ2n) is 2.35. The second kappa shape index (κ2) is 3.54. The predicted molar refractivity (Wildman–Crippen MR) is 49.0 cm³/mol. The van der Waals surface area contributed by atoms with Gasteiger partial charge in [-0.2, -0.15) is 0 Å². The highest BCUT2D eigenvalue weighted by molar-refractivity contribution is 9.10. The van der Waals surface area contributed by atoms with E-state index in [1.807, 2.05) is 0 Å². The van der Waals surface area contributed by atoms with Crippen LogP contribution >= 0.6 is 27.5 Å². The molecule has 0 atom stereocenters. The van der Waals surface area contributed by atoms with Crippen LogP contribution in [0.1, 0.15) is 15.9 Å². The van der Waals surface area contributed by atoms with E-state index in [1.54, 1.807) is 6.92 Å². The van der Waals surface area contributed by atoms with Crippen molar-refractivity contribution in [3.63, 3.8) is 0 Å². The van der Waals surface area contributed by atoms with E-state index in [0.717, 1.165) is 0 Å². The summed E-state index contributed by atoms with van der Waals surface area (Å²) in [6, 6.07) is 2.48. The summed E-state index contributed by atoms with van der Waals surface area (Å²) < 4.78 is 13.1. The van der Waals surface area contributed by atoms with Crippen LogP contribution in [0.5, 0.6) is 0 Å². The fourth-order valence-corrected chi connectivity index (χ4v) is 2.03. The Morgan fingerprint density at radius 3 is 2.58 bits per heavy atom. The highest BCUT2D eigenvalue weighted by Gasteiger charge is 2.11. The number of halogens is 3. The van der Waals surface area contributed by atoms with Gasteiger partial charge in [0.25, 0.3) is 5.24 Å². The Morgan fingerprint density at radius 1 is 1.58 bits per heavy atom. The predicted octanol–water partition coefficient (Wildman–Crippen LogP) is 3.28. The van der Waals surface area contributed by atoms with Gasteiger partial charge < -0.3 is 0 Å². The molecular weight excluding hydrogens is 246 g/mol. The van der Waals surface area contributed by atoms with Crippen molar-refractivity contribution >= 4 is 32.8 Å². The molecule has 0 saturated carbocycles. The summed E-state index contributed by atoms with van der Waals surface area (Å²) in [5.41, 5.74) is 0.847. The molecule has 1 aromatic carbocycles. The van der Waals surface area contributed by atoms with Crippen LogP contribution in [0, 0.1) is 12.7 Å². The van der Waals surface area contributed by atoms with E-state index < -0.39 is 5.24 Å². The number of aryl methyl sites for hydroxylation is 1. The molecule has 0 aliphatic heterocycles. The maximum atomic E-state index is 12.7. The molecule has 4 heteroatoms. The zero-order valence-corrected chi connectivity index (χ0v) is 8.54. The van der Waals surface area contributed by atoms with E-state index in [2.05, 4.69) is 15.9 Å². The minimum atomic E-state index is -0.584. The van der Waals surface area contributed by atoms with Crippen molar-refractivity contribution in [2.24, 2.45) is 0 Å². The Morgan fingerprint density at radius 2 is 2.17 bits per heavy atom. The average molecular weight is 251 g/mol. The summed E-state index contributed by atoms with van der Waals surface area (Å²) in [6.45, 7) is 1.63. The Balaban J connectivity index is 3.38. The van der Waals surface area contributed by atoms with Crippen LogP contribution in [-0.4, -0.2) is 5.24 Å². The van der Waals surface area contributed by atoms with Crippen molar-refractivity contribution < 1.29 is 9.18 Å². The molecule has 1 rings (SSSR count). The molecule has 0 amide bonds. The lowest BCUT2D eigenvalue weighted by Gasteiger charge is -2.02. The van der Waals surface area contributed by atoms with Crippen LogP contribution in [0.4, 0.5) is 4.39 Å². The zero-order chi connectivity index (χ0) is 9.30. The molecule has 0 unspecified atom stereocenters. The summed E-state index contributed by atoms with van der Waals surface area (Å²) in [6.07, 6.45) is 0. The third kappa shape index (κ3) is 1.84. The van der Waals surface area contributed by atoms with Crippen LogP contribution in [0.3, 0.4) is 0 Å². The molecule has 0 spiro atoms. The first kappa shape index (κ1) is 9.68. The smallest absolute Gasteiger partial charge is 0.253 e. The van der Waals surface area contributed by atoms with E-state index in [4.69, 9.17) is 11.6 Å². The molecule has 0 N–H and O–H groups in total. The number of hydrogen-bond acceptors (Lipinski definition) is 1. The molecule has 0 heterocycles. The molecule has 1 nitrogen and oxygen atoms in total. The van der Waals surface area contributed by atoms with Crippen LogP contribution in [-0.2, 0) is 0 Å². The van der Waals surface area contributed by atoms with E-state index >= 15 is 0 Å². The van der Waals surface area contributed by atoms with Gasteiger partial charge in [-0.25, -0.2) is 4.39 Å². The first-order valence-corrected chi connectivity index (χ1v) is 4.35. The standard InChI is InChI=1S/C8H5BrClFO/c1-4-2-5(11)3-6(9)7(4)8(10)12/h2-3H,1H3. The molecule has 64 valence electrons. The minimum Gasteiger partial charge on any atom is -0.276 e. The molecule has 0 bridgehead atoms. The summed E-state index contributed by atoms with van der Waals surface area (Å²) in [4.78, 5) is 10.8. The SMILES string of the molecule is Cc1cc(F)cc(Br)c1C(=O)Cl. The highest BCUT2D eigenvalue weighted by atomic mass is 79.9. The molecule has 1 aromatic rings.